The summed E-state index contributed by atoms with van der Waals surface area (Å²) in [6.07, 6.45) is -2.01. The Hall–Kier alpha value is -1.16. The number of anilines is 1. The zero-order valence-corrected chi connectivity index (χ0v) is 9.20. The zero-order valence-electron chi connectivity index (χ0n) is 8.44. The first-order chi connectivity index (χ1) is 7.45. The van der Waals surface area contributed by atoms with E-state index in [0.29, 0.717) is 18.7 Å². The summed E-state index contributed by atoms with van der Waals surface area (Å²) in [5.41, 5.74) is -0.420. The molecule has 1 N–H and O–H groups in total. The van der Waals surface area contributed by atoms with Crippen LogP contribution in [0.2, 0.25) is 5.02 Å². The molecule has 5 heteroatoms. The molecule has 0 aromatic heterocycles. The third-order valence-corrected chi connectivity index (χ3v) is 2.29. The molecule has 0 unspecified atom stereocenters. The monoisotopic (exact) mass is 249 g/mol. The van der Waals surface area contributed by atoms with Crippen LogP contribution in [0.4, 0.5) is 18.9 Å². The molecular weight excluding hydrogens is 239 g/mol. The number of halogens is 4. The summed E-state index contributed by atoms with van der Waals surface area (Å²) in [6.45, 7) is 4.02. The van der Waals surface area contributed by atoms with Crippen LogP contribution in [-0.4, -0.2) is 6.54 Å². The Balaban J connectivity index is 2.86. The third-order valence-electron chi connectivity index (χ3n) is 1.96. The molecule has 0 aliphatic heterocycles. The summed E-state index contributed by atoms with van der Waals surface area (Å²) in [7, 11) is 0. The fourth-order valence-corrected chi connectivity index (χ4v) is 1.33. The van der Waals surface area contributed by atoms with E-state index in [-0.39, 0.29) is 5.02 Å². The molecule has 0 bridgehead atoms. The molecule has 0 radical (unpaired) electrons. The molecule has 0 aliphatic rings. The van der Waals surface area contributed by atoms with E-state index in [9.17, 15) is 13.2 Å². The lowest BCUT2D eigenvalue weighted by Crippen LogP contribution is -2.07. The summed E-state index contributed by atoms with van der Waals surface area (Å²) in [6, 6.07) is 3.20. The molecule has 1 aromatic rings. The van der Waals surface area contributed by atoms with Crippen molar-refractivity contribution in [2.75, 3.05) is 11.9 Å². The van der Waals surface area contributed by atoms with Crippen molar-refractivity contribution in [3.63, 3.8) is 0 Å². The summed E-state index contributed by atoms with van der Waals surface area (Å²) < 4.78 is 37.2. The smallest absolute Gasteiger partial charge is 0.384 e. The van der Waals surface area contributed by atoms with E-state index in [4.69, 9.17) is 11.6 Å². The van der Waals surface area contributed by atoms with Gasteiger partial charge in [0, 0.05) is 6.54 Å². The van der Waals surface area contributed by atoms with Gasteiger partial charge in [0.2, 0.25) is 0 Å². The van der Waals surface area contributed by atoms with Gasteiger partial charge in [-0.05, 0) is 24.6 Å². The first kappa shape index (κ1) is 12.9. The highest BCUT2D eigenvalue weighted by atomic mass is 35.5. The van der Waals surface area contributed by atoms with Crippen molar-refractivity contribution in [3.8, 4) is 0 Å². The van der Waals surface area contributed by atoms with Gasteiger partial charge in [0.25, 0.3) is 0 Å². The van der Waals surface area contributed by atoms with Crippen molar-refractivity contribution in [2.24, 2.45) is 0 Å². The Morgan fingerprint density at radius 2 is 2.06 bits per heavy atom. The van der Waals surface area contributed by atoms with Crippen LogP contribution in [0.1, 0.15) is 12.0 Å². The number of nitrogens with one attached hydrogen (secondary N) is 1. The van der Waals surface area contributed by atoms with E-state index in [0.717, 1.165) is 12.1 Å². The van der Waals surface area contributed by atoms with Crippen LogP contribution in [0.5, 0.6) is 0 Å². The van der Waals surface area contributed by atoms with Gasteiger partial charge in [-0.3, -0.25) is 0 Å². The van der Waals surface area contributed by atoms with Crippen molar-refractivity contribution < 1.29 is 13.2 Å². The van der Waals surface area contributed by atoms with Crippen LogP contribution in [0.3, 0.4) is 0 Å². The van der Waals surface area contributed by atoms with Gasteiger partial charge in [-0.1, -0.05) is 17.7 Å². The molecule has 0 fully saturated rings. The average molecular weight is 250 g/mol. The van der Waals surface area contributed by atoms with Gasteiger partial charge >= 0.3 is 6.18 Å². The van der Waals surface area contributed by atoms with E-state index in [2.05, 4.69) is 11.9 Å². The van der Waals surface area contributed by atoms with Gasteiger partial charge in [0.15, 0.2) is 0 Å². The highest BCUT2D eigenvalue weighted by molar-refractivity contribution is 6.33. The van der Waals surface area contributed by atoms with Crippen molar-refractivity contribution in [2.45, 2.75) is 12.6 Å². The molecule has 0 saturated heterocycles. The number of alkyl halides is 3. The minimum absolute atomic E-state index is 0.275. The van der Waals surface area contributed by atoms with E-state index < -0.39 is 11.7 Å². The molecule has 0 saturated carbocycles. The molecule has 1 nitrogen and oxygen atoms in total. The van der Waals surface area contributed by atoms with Crippen LogP contribution in [0, 0.1) is 0 Å². The fourth-order valence-electron chi connectivity index (χ4n) is 1.15. The van der Waals surface area contributed by atoms with Gasteiger partial charge < -0.3 is 5.32 Å². The average Bonchev–Trinajstić information content (AvgIpc) is 2.19. The lowest BCUT2D eigenvalue weighted by atomic mass is 10.2. The second-order valence-electron chi connectivity index (χ2n) is 3.20. The van der Waals surface area contributed by atoms with Crippen molar-refractivity contribution in [1.82, 2.24) is 0 Å². The summed E-state index contributed by atoms with van der Waals surface area (Å²) >= 11 is 5.77. The molecule has 0 spiro atoms. The Morgan fingerprint density at radius 3 is 2.62 bits per heavy atom. The molecule has 1 aromatic carbocycles. The second-order valence-corrected chi connectivity index (χ2v) is 3.60. The maximum absolute atomic E-state index is 12.4. The van der Waals surface area contributed by atoms with Gasteiger partial charge in [-0.25, -0.2) is 0 Å². The molecule has 88 valence electrons. The van der Waals surface area contributed by atoms with Crippen molar-refractivity contribution in [1.29, 1.82) is 0 Å². The highest BCUT2D eigenvalue weighted by Crippen LogP contribution is 2.33. The minimum atomic E-state index is -4.35. The lowest BCUT2D eigenvalue weighted by Gasteiger charge is -2.11. The minimum Gasteiger partial charge on any atom is -0.384 e. The number of benzene rings is 1. The van der Waals surface area contributed by atoms with E-state index in [1.807, 2.05) is 0 Å². The molecule has 1 rings (SSSR count). The van der Waals surface area contributed by atoms with Crippen molar-refractivity contribution >= 4 is 17.3 Å². The Kier molecular flexibility index (Phi) is 4.24. The molecule has 16 heavy (non-hydrogen) atoms. The predicted molar refractivity (Wildman–Crippen MR) is 59.8 cm³/mol. The molecule has 0 amide bonds. The fraction of sp³-hybridized carbons (Fsp3) is 0.273. The molecule has 0 aliphatic carbocycles. The molecule has 0 atom stereocenters. The van der Waals surface area contributed by atoms with Crippen molar-refractivity contribution in [3.05, 3.63) is 41.4 Å². The lowest BCUT2D eigenvalue weighted by molar-refractivity contribution is -0.137. The van der Waals surface area contributed by atoms with Gasteiger partial charge in [0.05, 0.1) is 16.3 Å². The van der Waals surface area contributed by atoms with E-state index in [1.54, 1.807) is 6.08 Å². The maximum atomic E-state index is 12.4. The van der Waals surface area contributed by atoms with Gasteiger partial charge in [0.1, 0.15) is 0 Å². The quantitative estimate of drug-likeness (QED) is 0.618. The molecule has 0 heterocycles. The topological polar surface area (TPSA) is 12.0 Å². The largest absolute Gasteiger partial charge is 0.416 e. The van der Waals surface area contributed by atoms with Gasteiger partial charge in [-0.2, -0.15) is 13.2 Å². The van der Waals surface area contributed by atoms with E-state index in [1.165, 1.54) is 6.07 Å². The van der Waals surface area contributed by atoms with Crippen LogP contribution in [0.15, 0.2) is 30.9 Å². The van der Waals surface area contributed by atoms with Crippen LogP contribution < -0.4 is 5.32 Å². The summed E-state index contributed by atoms with van der Waals surface area (Å²) in [5, 5.41) is 3.10. The summed E-state index contributed by atoms with van der Waals surface area (Å²) in [4.78, 5) is 0. The SMILES string of the molecule is C=CCCNc1cc(C(F)(F)F)ccc1Cl. The van der Waals surface area contributed by atoms with E-state index >= 15 is 0 Å². The standard InChI is InChI=1S/C11H11ClF3N/c1-2-3-6-16-10-7-8(11(13,14)15)4-5-9(10)12/h2,4-5,7,16H,1,3,6H2. The van der Waals surface area contributed by atoms with Crippen LogP contribution in [0.25, 0.3) is 0 Å². The second kappa shape index (κ2) is 5.25. The zero-order chi connectivity index (χ0) is 12.2. The highest BCUT2D eigenvalue weighted by Gasteiger charge is 2.30. The van der Waals surface area contributed by atoms with Crippen LogP contribution >= 0.6 is 11.6 Å². The Morgan fingerprint density at radius 1 is 1.38 bits per heavy atom. The maximum Gasteiger partial charge on any atom is 0.416 e. The molecular formula is C11H11ClF3N. The third kappa shape index (κ3) is 3.45. The van der Waals surface area contributed by atoms with Gasteiger partial charge in [-0.15, -0.1) is 6.58 Å². The number of rotatable bonds is 4. The summed E-state index contributed by atoms with van der Waals surface area (Å²) in [5.74, 6) is 0. The number of hydrogen-bond acceptors (Lipinski definition) is 1. The first-order valence-electron chi connectivity index (χ1n) is 4.66. The Bertz CT molecular complexity index is 374. The Labute approximate surface area is 96.9 Å². The number of hydrogen-bond donors (Lipinski definition) is 1. The normalized spacial score (nSPS) is 11.2. The predicted octanol–water partition coefficient (Wildman–Crippen LogP) is 4.35. The van der Waals surface area contributed by atoms with Crippen LogP contribution in [-0.2, 0) is 6.18 Å². The first-order valence-corrected chi connectivity index (χ1v) is 5.04.